The first kappa shape index (κ1) is 17.9. The fourth-order valence-electron chi connectivity index (χ4n) is 2.78. The summed E-state index contributed by atoms with van der Waals surface area (Å²) in [4.78, 5) is 26.9. The molecule has 0 unspecified atom stereocenters. The third kappa shape index (κ3) is 3.55. The first-order valence-corrected chi connectivity index (χ1v) is 7.57. The molecular weight excluding hydrogens is 272 g/mol. The molecule has 0 aromatic rings. The van der Waals surface area contributed by atoms with E-state index in [9.17, 15) is 9.59 Å². The Hall–Kier alpha value is -1.14. The van der Waals surface area contributed by atoms with Crippen LogP contribution < -0.4 is 5.32 Å². The Bertz CT molecular complexity index is 378. The van der Waals surface area contributed by atoms with Crippen LogP contribution in [0.15, 0.2) is 0 Å². The maximum Gasteiger partial charge on any atom is 0.248 e. The molecule has 0 bridgehead atoms. The zero-order valence-corrected chi connectivity index (χ0v) is 13.8. The molecule has 1 rings (SSSR count). The molecule has 0 radical (unpaired) electrons. The van der Waals surface area contributed by atoms with Crippen molar-refractivity contribution in [3.05, 3.63) is 0 Å². The SMILES string of the molecule is CCC1(CC)C(=O)NC(C)(C)C(=O)N1CCOCCOC. The van der Waals surface area contributed by atoms with Gasteiger partial charge in [-0.15, -0.1) is 0 Å². The Balaban J connectivity index is 2.85. The molecular formula is C15H28N2O4. The van der Waals surface area contributed by atoms with Gasteiger partial charge in [0.1, 0.15) is 11.1 Å². The number of hydrogen-bond acceptors (Lipinski definition) is 4. The van der Waals surface area contributed by atoms with Crippen molar-refractivity contribution in [2.45, 2.75) is 51.6 Å². The third-order valence-electron chi connectivity index (χ3n) is 4.21. The lowest BCUT2D eigenvalue weighted by Gasteiger charge is -2.50. The number of ether oxygens (including phenoxy) is 2. The summed E-state index contributed by atoms with van der Waals surface area (Å²) in [6, 6.07) is 0. The third-order valence-corrected chi connectivity index (χ3v) is 4.21. The number of amides is 2. The maximum absolute atomic E-state index is 12.7. The van der Waals surface area contributed by atoms with Crippen molar-refractivity contribution in [3.8, 4) is 0 Å². The van der Waals surface area contributed by atoms with Crippen molar-refractivity contribution < 1.29 is 19.1 Å². The van der Waals surface area contributed by atoms with E-state index in [1.54, 1.807) is 25.9 Å². The topological polar surface area (TPSA) is 67.9 Å². The van der Waals surface area contributed by atoms with Gasteiger partial charge in [0.15, 0.2) is 0 Å². The van der Waals surface area contributed by atoms with E-state index < -0.39 is 11.1 Å². The number of hydrogen-bond donors (Lipinski definition) is 1. The molecule has 0 saturated carbocycles. The molecule has 6 nitrogen and oxygen atoms in total. The van der Waals surface area contributed by atoms with Gasteiger partial charge in [0.25, 0.3) is 0 Å². The van der Waals surface area contributed by atoms with Crippen LogP contribution in [-0.2, 0) is 19.1 Å². The lowest BCUT2D eigenvalue weighted by atomic mass is 9.83. The van der Waals surface area contributed by atoms with Crippen molar-refractivity contribution in [2.75, 3.05) is 33.5 Å². The van der Waals surface area contributed by atoms with Gasteiger partial charge in [-0.1, -0.05) is 13.8 Å². The number of nitrogens with zero attached hydrogens (tertiary/aromatic N) is 1. The van der Waals surface area contributed by atoms with E-state index in [0.29, 0.717) is 39.2 Å². The van der Waals surface area contributed by atoms with Gasteiger partial charge in [-0.05, 0) is 26.7 Å². The van der Waals surface area contributed by atoms with E-state index in [0.717, 1.165) is 0 Å². The van der Waals surface area contributed by atoms with Crippen LogP contribution in [0.1, 0.15) is 40.5 Å². The van der Waals surface area contributed by atoms with Gasteiger partial charge in [-0.25, -0.2) is 0 Å². The summed E-state index contributed by atoms with van der Waals surface area (Å²) in [6.07, 6.45) is 1.18. The van der Waals surface area contributed by atoms with E-state index in [-0.39, 0.29) is 11.8 Å². The van der Waals surface area contributed by atoms with Crippen molar-refractivity contribution in [2.24, 2.45) is 0 Å². The maximum atomic E-state index is 12.7. The second kappa shape index (κ2) is 7.22. The summed E-state index contributed by atoms with van der Waals surface area (Å²) in [7, 11) is 1.61. The van der Waals surface area contributed by atoms with E-state index in [1.165, 1.54) is 0 Å². The Labute approximate surface area is 127 Å². The fraction of sp³-hybridized carbons (Fsp3) is 0.867. The highest BCUT2D eigenvalue weighted by atomic mass is 16.5. The minimum absolute atomic E-state index is 0.0545. The quantitative estimate of drug-likeness (QED) is 0.678. The lowest BCUT2D eigenvalue weighted by molar-refractivity contribution is -0.163. The molecule has 0 spiro atoms. The van der Waals surface area contributed by atoms with E-state index in [1.807, 2.05) is 13.8 Å². The highest BCUT2D eigenvalue weighted by molar-refractivity contribution is 6.01. The summed E-state index contributed by atoms with van der Waals surface area (Å²) in [5, 5.41) is 2.85. The Morgan fingerprint density at radius 2 is 1.71 bits per heavy atom. The van der Waals surface area contributed by atoms with Gasteiger partial charge in [0.2, 0.25) is 11.8 Å². The molecule has 0 atom stereocenters. The van der Waals surface area contributed by atoms with Crippen molar-refractivity contribution in [1.82, 2.24) is 10.2 Å². The average molecular weight is 300 g/mol. The Kier molecular flexibility index (Phi) is 6.16. The highest BCUT2D eigenvalue weighted by Crippen LogP contribution is 2.31. The summed E-state index contributed by atoms with van der Waals surface area (Å²) in [5.41, 5.74) is -1.63. The molecule has 2 amide bonds. The number of carbonyl (C=O) groups is 2. The molecule has 1 fully saturated rings. The van der Waals surface area contributed by atoms with Gasteiger partial charge >= 0.3 is 0 Å². The second-order valence-corrected chi connectivity index (χ2v) is 5.88. The van der Waals surface area contributed by atoms with E-state index in [4.69, 9.17) is 9.47 Å². The lowest BCUT2D eigenvalue weighted by Crippen LogP contribution is -2.74. The fourth-order valence-corrected chi connectivity index (χ4v) is 2.78. The number of carbonyl (C=O) groups excluding carboxylic acids is 2. The van der Waals surface area contributed by atoms with Gasteiger partial charge in [0.05, 0.1) is 19.8 Å². The van der Waals surface area contributed by atoms with E-state index >= 15 is 0 Å². The molecule has 122 valence electrons. The first-order valence-electron chi connectivity index (χ1n) is 7.57. The van der Waals surface area contributed by atoms with Crippen LogP contribution in [0.25, 0.3) is 0 Å². The molecule has 21 heavy (non-hydrogen) atoms. The van der Waals surface area contributed by atoms with E-state index in [2.05, 4.69) is 5.32 Å². The number of methoxy groups -OCH3 is 1. The summed E-state index contributed by atoms with van der Waals surface area (Å²) in [6.45, 7) is 9.18. The molecule has 1 heterocycles. The van der Waals surface area contributed by atoms with Crippen LogP contribution in [0.3, 0.4) is 0 Å². The summed E-state index contributed by atoms with van der Waals surface area (Å²) < 4.78 is 10.4. The number of piperazine rings is 1. The predicted octanol–water partition coefficient (Wildman–Crippen LogP) is 0.945. The normalized spacial score (nSPS) is 20.5. The standard InChI is InChI=1S/C15H28N2O4/c1-6-15(7-2)12(18)16-14(3,4)13(19)17(15)8-9-21-11-10-20-5/h6-11H2,1-5H3,(H,16,18). The van der Waals surface area contributed by atoms with Crippen LogP contribution in [0.2, 0.25) is 0 Å². The molecule has 0 aromatic heterocycles. The molecule has 0 aliphatic carbocycles. The van der Waals surface area contributed by atoms with Gasteiger partial charge < -0.3 is 19.7 Å². The van der Waals surface area contributed by atoms with Gasteiger partial charge in [-0.3, -0.25) is 9.59 Å². The van der Waals surface area contributed by atoms with Gasteiger partial charge in [-0.2, -0.15) is 0 Å². The monoisotopic (exact) mass is 300 g/mol. The molecule has 1 saturated heterocycles. The molecule has 6 heteroatoms. The minimum Gasteiger partial charge on any atom is -0.382 e. The minimum atomic E-state index is -0.864. The zero-order chi connectivity index (χ0) is 16.1. The predicted molar refractivity (Wildman–Crippen MR) is 79.9 cm³/mol. The molecule has 1 aliphatic rings. The van der Waals surface area contributed by atoms with Crippen LogP contribution in [-0.4, -0.2) is 61.3 Å². The first-order chi connectivity index (χ1) is 9.85. The number of nitrogens with one attached hydrogen (secondary N) is 1. The molecule has 1 N–H and O–H groups in total. The van der Waals surface area contributed by atoms with Crippen molar-refractivity contribution >= 4 is 11.8 Å². The van der Waals surface area contributed by atoms with Crippen LogP contribution >= 0.6 is 0 Å². The van der Waals surface area contributed by atoms with Crippen LogP contribution in [0.4, 0.5) is 0 Å². The largest absolute Gasteiger partial charge is 0.382 e. The Morgan fingerprint density at radius 3 is 2.24 bits per heavy atom. The van der Waals surface area contributed by atoms with Crippen LogP contribution in [0, 0.1) is 0 Å². The van der Waals surface area contributed by atoms with Crippen molar-refractivity contribution in [3.63, 3.8) is 0 Å². The zero-order valence-electron chi connectivity index (χ0n) is 13.8. The van der Waals surface area contributed by atoms with Crippen LogP contribution in [0.5, 0.6) is 0 Å². The summed E-state index contributed by atoms with van der Waals surface area (Å²) >= 11 is 0. The van der Waals surface area contributed by atoms with Gasteiger partial charge in [0, 0.05) is 13.7 Å². The summed E-state index contributed by atoms with van der Waals surface area (Å²) in [5.74, 6) is -0.130. The highest BCUT2D eigenvalue weighted by Gasteiger charge is 2.53. The smallest absolute Gasteiger partial charge is 0.248 e. The molecule has 1 aliphatic heterocycles. The Morgan fingerprint density at radius 1 is 1.10 bits per heavy atom. The number of rotatable bonds is 8. The van der Waals surface area contributed by atoms with Crippen molar-refractivity contribution in [1.29, 1.82) is 0 Å². The molecule has 0 aromatic carbocycles. The second-order valence-electron chi connectivity index (χ2n) is 5.88. The average Bonchev–Trinajstić information content (AvgIpc) is 2.44.